The molecule has 0 amide bonds. The van der Waals surface area contributed by atoms with Crippen molar-refractivity contribution in [3.05, 3.63) is 15.8 Å². The molecule has 2 N–H and O–H groups in total. The molecule has 2 rings (SSSR count). The molecule has 1 unspecified atom stereocenters. The van der Waals surface area contributed by atoms with Gasteiger partial charge in [-0.2, -0.15) is 4.31 Å². The molecule has 5 nitrogen and oxygen atoms in total. The summed E-state index contributed by atoms with van der Waals surface area (Å²) in [5.41, 5.74) is 5.61. The molecule has 1 atom stereocenters. The second-order valence-electron chi connectivity index (χ2n) is 5.24. The smallest absolute Gasteiger partial charge is 0.244 e. The summed E-state index contributed by atoms with van der Waals surface area (Å²) in [4.78, 5) is 4.42. The summed E-state index contributed by atoms with van der Waals surface area (Å²) in [6.07, 6.45) is 0.958. The molecule has 1 aromatic rings. The Kier molecular flexibility index (Phi) is 4.86. The van der Waals surface area contributed by atoms with Crippen LogP contribution in [0.2, 0.25) is 0 Å². The highest BCUT2D eigenvalue weighted by Crippen LogP contribution is 2.29. The molecule has 7 heteroatoms. The Labute approximate surface area is 125 Å². The van der Waals surface area contributed by atoms with Crippen molar-refractivity contribution in [1.82, 2.24) is 9.21 Å². The predicted molar refractivity (Wildman–Crippen MR) is 82.4 cm³/mol. The summed E-state index contributed by atoms with van der Waals surface area (Å²) in [6, 6.07) is 2.03. The number of likely N-dealkylation sites (N-methyl/N-ethyl adjacent to an activating group) is 1. The van der Waals surface area contributed by atoms with E-state index in [1.807, 2.05) is 6.92 Å². The van der Waals surface area contributed by atoms with Gasteiger partial charge in [0, 0.05) is 42.0 Å². The van der Waals surface area contributed by atoms with Gasteiger partial charge >= 0.3 is 0 Å². The maximum absolute atomic E-state index is 12.8. The van der Waals surface area contributed by atoms with Crippen LogP contribution in [0.15, 0.2) is 11.0 Å². The van der Waals surface area contributed by atoms with Crippen molar-refractivity contribution in [2.45, 2.75) is 37.8 Å². The zero-order chi connectivity index (χ0) is 14.9. The Bertz CT molecular complexity index is 568. The summed E-state index contributed by atoms with van der Waals surface area (Å²) >= 11 is 1.47. The topological polar surface area (TPSA) is 66.6 Å². The van der Waals surface area contributed by atoms with E-state index in [0.717, 1.165) is 22.7 Å². The van der Waals surface area contributed by atoms with Gasteiger partial charge in [0.05, 0.1) is 4.90 Å². The van der Waals surface area contributed by atoms with Gasteiger partial charge in [-0.3, -0.25) is 0 Å². The van der Waals surface area contributed by atoms with Crippen molar-refractivity contribution in [3.63, 3.8) is 0 Å². The Balaban J connectivity index is 2.28. The van der Waals surface area contributed by atoms with E-state index in [2.05, 4.69) is 18.9 Å². The zero-order valence-electron chi connectivity index (χ0n) is 12.3. The number of aryl methyl sites for hydroxylation is 1. The molecular formula is C13H23N3O2S2. The molecule has 0 saturated carbocycles. The molecular weight excluding hydrogens is 294 g/mol. The Morgan fingerprint density at radius 2 is 2.15 bits per heavy atom. The molecule has 1 aliphatic heterocycles. The van der Waals surface area contributed by atoms with Gasteiger partial charge in [-0.1, -0.05) is 6.92 Å². The molecule has 1 saturated heterocycles. The van der Waals surface area contributed by atoms with Crippen LogP contribution in [0.5, 0.6) is 0 Å². The average Bonchev–Trinajstić information content (AvgIpc) is 2.81. The molecule has 20 heavy (non-hydrogen) atoms. The predicted octanol–water partition coefficient (Wildman–Crippen LogP) is 1.23. The van der Waals surface area contributed by atoms with Gasteiger partial charge in [0.2, 0.25) is 10.0 Å². The van der Waals surface area contributed by atoms with E-state index >= 15 is 0 Å². The minimum atomic E-state index is -3.39. The van der Waals surface area contributed by atoms with Crippen LogP contribution in [0.25, 0.3) is 0 Å². The van der Waals surface area contributed by atoms with Gasteiger partial charge < -0.3 is 10.6 Å². The van der Waals surface area contributed by atoms with Gasteiger partial charge in [-0.15, -0.1) is 11.3 Å². The SMILES string of the molecule is CCC1CN(S(=O)(=O)c2cc(CN)sc2C)CCN1C. The van der Waals surface area contributed by atoms with Crippen LogP contribution in [-0.4, -0.2) is 50.3 Å². The fourth-order valence-corrected chi connectivity index (χ4v) is 5.55. The number of hydrogen-bond acceptors (Lipinski definition) is 5. The first-order valence-corrected chi connectivity index (χ1v) is 9.15. The number of sulfonamides is 1. The highest BCUT2D eigenvalue weighted by atomic mass is 32.2. The molecule has 0 radical (unpaired) electrons. The van der Waals surface area contributed by atoms with Crippen LogP contribution >= 0.6 is 11.3 Å². The van der Waals surface area contributed by atoms with Crippen LogP contribution < -0.4 is 5.73 Å². The quantitative estimate of drug-likeness (QED) is 0.907. The third-order valence-corrected chi connectivity index (χ3v) is 7.15. The average molecular weight is 317 g/mol. The van der Waals surface area contributed by atoms with Crippen molar-refractivity contribution in [1.29, 1.82) is 0 Å². The van der Waals surface area contributed by atoms with Gasteiger partial charge in [-0.25, -0.2) is 8.42 Å². The highest BCUT2D eigenvalue weighted by molar-refractivity contribution is 7.89. The molecule has 1 fully saturated rings. The van der Waals surface area contributed by atoms with Crippen LogP contribution in [-0.2, 0) is 16.6 Å². The summed E-state index contributed by atoms with van der Waals surface area (Å²) < 4.78 is 27.2. The van der Waals surface area contributed by atoms with Crippen LogP contribution in [0.1, 0.15) is 23.1 Å². The van der Waals surface area contributed by atoms with Crippen molar-refractivity contribution < 1.29 is 8.42 Å². The number of hydrogen-bond donors (Lipinski definition) is 1. The lowest BCUT2D eigenvalue weighted by atomic mass is 10.1. The minimum absolute atomic E-state index is 0.298. The van der Waals surface area contributed by atoms with E-state index in [0.29, 0.717) is 30.6 Å². The second-order valence-corrected chi connectivity index (χ2v) is 8.49. The number of piperazine rings is 1. The van der Waals surface area contributed by atoms with Gasteiger partial charge in [0.25, 0.3) is 0 Å². The third-order valence-electron chi connectivity index (χ3n) is 3.95. The van der Waals surface area contributed by atoms with Crippen LogP contribution in [0.4, 0.5) is 0 Å². The zero-order valence-corrected chi connectivity index (χ0v) is 13.9. The third kappa shape index (κ3) is 2.92. The highest BCUT2D eigenvalue weighted by Gasteiger charge is 2.33. The fraction of sp³-hybridized carbons (Fsp3) is 0.692. The maximum atomic E-state index is 12.8. The first-order chi connectivity index (χ1) is 9.40. The van der Waals surface area contributed by atoms with E-state index in [4.69, 9.17) is 5.73 Å². The van der Waals surface area contributed by atoms with Gasteiger partial charge in [0.15, 0.2) is 0 Å². The number of thiophene rings is 1. The lowest BCUT2D eigenvalue weighted by molar-refractivity contribution is 0.144. The van der Waals surface area contributed by atoms with Crippen LogP contribution in [0, 0.1) is 6.92 Å². The Morgan fingerprint density at radius 1 is 1.45 bits per heavy atom. The van der Waals surface area contributed by atoms with Gasteiger partial charge in [0.1, 0.15) is 0 Å². The molecule has 0 aliphatic carbocycles. The van der Waals surface area contributed by atoms with E-state index in [9.17, 15) is 8.42 Å². The Hall–Kier alpha value is -0.470. The maximum Gasteiger partial charge on any atom is 0.244 e. The minimum Gasteiger partial charge on any atom is -0.326 e. The number of nitrogens with zero attached hydrogens (tertiary/aromatic N) is 2. The molecule has 0 bridgehead atoms. The molecule has 2 heterocycles. The van der Waals surface area contributed by atoms with E-state index < -0.39 is 10.0 Å². The standard InChI is InChI=1S/C13H23N3O2S2/c1-4-11-9-16(6-5-15(11)3)20(17,18)13-7-12(8-14)19-10(13)2/h7,11H,4-6,8-9,14H2,1-3H3. The monoisotopic (exact) mass is 317 g/mol. The Morgan fingerprint density at radius 3 is 2.70 bits per heavy atom. The van der Waals surface area contributed by atoms with E-state index in [1.54, 1.807) is 10.4 Å². The first-order valence-electron chi connectivity index (χ1n) is 6.90. The van der Waals surface area contributed by atoms with Gasteiger partial charge in [-0.05, 0) is 26.5 Å². The molecule has 114 valence electrons. The van der Waals surface area contributed by atoms with Crippen LogP contribution in [0.3, 0.4) is 0 Å². The largest absolute Gasteiger partial charge is 0.326 e. The summed E-state index contributed by atoms with van der Waals surface area (Å²) in [7, 11) is -1.33. The normalized spacial score (nSPS) is 22.3. The van der Waals surface area contributed by atoms with Crippen molar-refractivity contribution >= 4 is 21.4 Å². The van der Waals surface area contributed by atoms with Crippen molar-refractivity contribution in [3.8, 4) is 0 Å². The van der Waals surface area contributed by atoms with Crippen molar-refractivity contribution in [2.24, 2.45) is 5.73 Å². The molecule has 0 aromatic carbocycles. The second kappa shape index (κ2) is 6.11. The lowest BCUT2D eigenvalue weighted by Gasteiger charge is -2.38. The fourth-order valence-electron chi connectivity index (χ4n) is 2.60. The number of nitrogens with two attached hydrogens (primary N) is 1. The lowest BCUT2D eigenvalue weighted by Crippen LogP contribution is -2.52. The molecule has 1 aromatic heterocycles. The van der Waals surface area contributed by atoms with E-state index in [-0.39, 0.29) is 0 Å². The summed E-state index contributed by atoms with van der Waals surface area (Å²) in [5.74, 6) is 0. The molecule has 1 aliphatic rings. The summed E-state index contributed by atoms with van der Waals surface area (Å²) in [6.45, 7) is 6.25. The molecule has 0 spiro atoms. The first kappa shape index (κ1) is 15.9. The number of rotatable bonds is 4. The van der Waals surface area contributed by atoms with E-state index in [1.165, 1.54) is 11.3 Å². The van der Waals surface area contributed by atoms with Crippen molar-refractivity contribution in [2.75, 3.05) is 26.7 Å². The summed E-state index contributed by atoms with van der Waals surface area (Å²) in [5, 5.41) is 0.